The zero-order chi connectivity index (χ0) is 11.8. The molecule has 0 saturated carbocycles. The van der Waals surface area contributed by atoms with Gasteiger partial charge in [-0.3, -0.25) is 0 Å². The molecular formula is C14H12ClNS. The molecular weight excluding hydrogens is 250 g/mol. The van der Waals surface area contributed by atoms with E-state index < -0.39 is 0 Å². The predicted octanol–water partition coefficient (Wildman–Crippen LogP) is 4.78. The molecule has 3 heteroatoms. The first-order valence-electron chi connectivity index (χ1n) is 5.53. The number of hydrogen-bond donors (Lipinski definition) is 1. The van der Waals surface area contributed by atoms with Gasteiger partial charge in [0.2, 0.25) is 0 Å². The molecule has 1 nitrogen and oxygen atoms in total. The van der Waals surface area contributed by atoms with Crippen LogP contribution in [0.2, 0.25) is 5.02 Å². The first kappa shape index (κ1) is 10.9. The molecule has 0 atom stereocenters. The van der Waals surface area contributed by atoms with Crippen LogP contribution in [0.1, 0.15) is 16.1 Å². The molecule has 0 aliphatic rings. The summed E-state index contributed by atoms with van der Waals surface area (Å²) in [6.45, 7) is 2.09. The lowest BCUT2D eigenvalue weighted by Gasteiger charge is -1.98. The van der Waals surface area contributed by atoms with E-state index >= 15 is 0 Å². The van der Waals surface area contributed by atoms with Crippen molar-refractivity contribution in [1.82, 2.24) is 4.98 Å². The number of rotatable bonds is 2. The third-order valence-electron chi connectivity index (χ3n) is 2.78. The number of aryl methyl sites for hydroxylation is 1. The van der Waals surface area contributed by atoms with Crippen molar-refractivity contribution in [2.45, 2.75) is 13.3 Å². The van der Waals surface area contributed by atoms with Gasteiger partial charge in [-0.05, 0) is 36.8 Å². The van der Waals surface area contributed by atoms with E-state index in [1.54, 1.807) is 0 Å². The zero-order valence-corrected chi connectivity index (χ0v) is 11.0. The minimum atomic E-state index is 0.794. The Kier molecular flexibility index (Phi) is 2.69. The summed E-state index contributed by atoms with van der Waals surface area (Å²) in [6.07, 6.45) is 0.976. The highest BCUT2D eigenvalue weighted by molar-refractivity contribution is 7.19. The van der Waals surface area contributed by atoms with Gasteiger partial charge in [-0.15, -0.1) is 11.3 Å². The van der Waals surface area contributed by atoms with Gasteiger partial charge in [0, 0.05) is 22.0 Å². The number of halogens is 1. The molecule has 0 fully saturated rings. The van der Waals surface area contributed by atoms with Crippen molar-refractivity contribution in [3.8, 4) is 0 Å². The smallest absolute Gasteiger partial charge is 0.0568 e. The van der Waals surface area contributed by atoms with Crippen LogP contribution in [0.4, 0.5) is 0 Å². The van der Waals surface area contributed by atoms with Crippen molar-refractivity contribution in [3.63, 3.8) is 0 Å². The molecule has 3 rings (SSSR count). The van der Waals surface area contributed by atoms with Gasteiger partial charge in [0.15, 0.2) is 0 Å². The number of benzene rings is 1. The Labute approximate surface area is 109 Å². The number of H-pyrrole nitrogens is 1. The molecule has 1 N–H and O–H groups in total. The van der Waals surface area contributed by atoms with Crippen LogP contribution in [0.3, 0.4) is 0 Å². The number of aromatic nitrogens is 1. The fraction of sp³-hybridized carbons (Fsp3) is 0.143. The normalized spacial score (nSPS) is 11.2. The predicted molar refractivity (Wildman–Crippen MR) is 75.2 cm³/mol. The fourth-order valence-electron chi connectivity index (χ4n) is 2.00. The van der Waals surface area contributed by atoms with Crippen LogP contribution in [0.25, 0.3) is 10.2 Å². The lowest BCUT2D eigenvalue weighted by atomic mass is 10.1. The Morgan fingerprint density at radius 3 is 2.65 bits per heavy atom. The first-order valence-corrected chi connectivity index (χ1v) is 6.72. The average Bonchev–Trinajstić information content (AvgIpc) is 2.78. The molecule has 0 aliphatic carbocycles. The average molecular weight is 262 g/mol. The van der Waals surface area contributed by atoms with Crippen LogP contribution in [-0.2, 0) is 6.42 Å². The van der Waals surface area contributed by atoms with E-state index in [2.05, 4.69) is 36.2 Å². The lowest BCUT2D eigenvalue weighted by Crippen LogP contribution is -1.83. The van der Waals surface area contributed by atoms with Crippen LogP contribution in [0, 0.1) is 6.92 Å². The minimum absolute atomic E-state index is 0.794. The van der Waals surface area contributed by atoms with E-state index in [-0.39, 0.29) is 0 Å². The molecule has 0 unspecified atom stereocenters. The van der Waals surface area contributed by atoms with E-state index in [1.165, 1.54) is 26.4 Å². The SMILES string of the molecule is Cc1cc2sc(Cc3ccc(Cl)cc3)cc2[nH]1. The molecule has 3 aromatic rings. The van der Waals surface area contributed by atoms with E-state index in [9.17, 15) is 0 Å². The Morgan fingerprint density at radius 2 is 1.94 bits per heavy atom. The van der Waals surface area contributed by atoms with Crippen molar-refractivity contribution in [3.05, 3.63) is 57.6 Å². The monoisotopic (exact) mass is 261 g/mol. The van der Waals surface area contributed by atoms with Gasteiger partial charge < -0.3 is 4.98 Å². The fourth-order valence-corrected chi connectivity index (χ4v) is 3.28. The maximum Gasteiger partial charge on any atom is 0.0568 e. The van der Waals surface area contributed by atoms with Gasteiger partial charge in [-0.25, -0.2) is 0 Å². The Balaban J connectivity index is 1.89. The summed E-state index contributed by atoms with van der Waals surface area (Å²) in [5, 5.41) is 0.794. The van der Waals surface area contributed by atoms with Gasteiger partial charge >= 0.3 is 0 Å². The van der Waals surface area contributed by atoms with Gasteiger partial charge in [-0.2, -0.15) is 0 Å². The Hall–Kier alpha value is -1.25. The van der Waals surface area contributed by atoms with E-state index in [0.29, 0.717) is 0 Å². The van der Waals surface area contributed by atoms with Crippen LogP contribution < -0.4 is 0 Å². The van der Waals surface area contributed by atoms with Crippen LogP contribution in [0.5, 0.6) is 0 Å². The molecule has 0 radical (unpaired) electrons. The summed E-state index contributed by atoms with van der Waals surface area (Å²) in [6, 6.07) is 12.5. The molecule has 2 heterocycles. The molecule has 0 saturated heterocycles. The largest absolute Gasteiger partial charge is 0.358 e. The topological polar surface area (TPSA) is 15.8 Å². The van der Waals surface area contributed by atoms with Crippen LogP contribution in [-0.4, -0.2) is 4.98 Å². The van der Waals surface area contributed by atoms with Gasteiger partial charge in [0.05, 0.1) is 10.2 Å². The maximum atomic E-state index is 5.88. The lowest BCUT2D eigenvalue weighted by molar-refractivity contribution is 1.24. The van der Waals surface area contributed by atoms with Crippen LogP contribution in [0.15, 0.2) is 36.4 Å². The highest BCUT2D eigenvalue weighted by Crippen LogP contribution is 2.28. The van der Waals surface area contributed by atoms with Crippen molar-refractivity contribution in [2.24, 2.45) is 0 Å². The second-order valence-electron chi connectivity index (χ2n) is 4.25. The molecule has 0 aliphatic heterocycles. The molecule has 0 spiro atoms. The number of thiophene rings is 1. The standard InChI is InChI=1S/C14H12ClNS/c1-9-6-14-13(16-9)8-12(17-14)7-10-2-4-11(15)5-3-10/h2-6,8,16H,7H2,1H3. The first-order chi connectivity index (χ1) is 8.20. The number of aromatic amines is 1. The molecule has 0 bridgehead atoms. The van der Waals surface area contributed by atoms with Crippen LogP contribution >= 0.6 is 22.9 Å². The summed E-state index contributed by atoms with van der Waals surface area (Å²) in [7, 11) is 0. The highest BCUT2D eigenvalue weighted by Gasteiger charge is 2.05. The summed E-state index contributed by atoms with van der Waals surface area (Å²) < 4.78 is 1.34. The molecule has 2 aromatic heterocycles. The summed E-state index contributed by atoms with van der Waals surface area (Å²) >= 11 is 7.73. The molecule has 0 amide bonds. The van der Waals surface area contributed by atoms with Gasteiger partial charge in [0.1, 0.15) is 0 Å². The number of nitrogens with one attached hydrogen (secondary N) is 1. The number of hydrogen-bond acceptors (Lipinski definition) is 1. The minimum Gasteiger partial charge on any atom is -0.358 e. The molecule has 17 heavy (non-hydrogen) atoms. The Bertz CT molecular complexity index is 617. The number of fused-ring (bicyclic) bond motifs is 1. The molecule has 1 aromatic carbocycles. The van der Waals surface area contributed by atoms with Crippen molar-refractivity contribution in [1.29, 1.82) is 0 Å². The van der Waals surface area contributed by atoms with Gasteiger partial charge in [-0.1, -0.05) is 23.7 Å². The van der Waals surface area contributed by atoms with E-state index in [1.807, 2.05) is 23.5 Å². The quantitative estimate of drug-likeness (QED) is 0.683. The van der Waals surface area contributed by atoms with E-state index in [4.69, 9.17) is 11.6 Å². The van der Waals surface area contributed by atoms with Crippen molar-refractivity contribution in [2.75, 3.05) is 0 Å². The zero-order valence-electron chi connectivity index (χ0n) is 9.46. The van der Waals surface area contributed by atoms with Gasteiger partial charge in [0.25, 0.3) is 0 Å². The Morgan fingerprint density at radius 1 is 1.18 bits per heavy atom. The third kappa shape index (κ3) is 2.24. The molecule has 86 valence electrons. The maximum absolute atomic E-state index is 5.88. The summed E-state index contributed by atoms with van der Waals surface area (Å²) in [4.78, 5) is 4.75. The second kappa shape index (κ2) is 4.21. The third-order valence-corrected chi connectivity index (χ3v) is 4.12. The van der Waals surface area contributed by atoms with Crippen molar-refractivity contribution >= 4 is 33.2 Å². The van der Waals surface area contributed by atoms with E-state index in [0.717, 1.165) is 11.4 Å². The van der Waals surface area contributed by atoms with Crippen molar-refractivity contribution < 1.29 is 0 Å². The second-order valence-corrected chi connectivity index (χ2v) is 5.85. The highest BCUT2D eigenvalue weighted by atomic mass is 35.5. The summed E-state index contributed by atoms with van der Waals surface area (Å²) in [5.41, 5.74) is 3.77. The summed E-state index contributed by atoms with van der Waals surface area (Å²) in [5.74, 6) is 0.